The Labute approximate surface area is 109 Å². The fourth-order valence-electron chi connectivity index (χ4n) is 1.80. The Morgan fingerprint density at radius 1 is 1.33 bits per heavy atom. The fraction of sp³-hybridized carbons (Fsp3) is 0.467. The third-order valence-electron chi connectivity index (χ3n) is 3.05. The smallest absolute Gasteiger partial charge is 0.224 e. The van der Waals surface area contributed by atoms with Crippen LogP contribution >= 0.6 is 0 Å². The molecule has 96 valence electrons. The van der Waals surface area contributed by atoms with Gasteiger partial charge in [-0.1, -0.05) is 37.3 Å². The summed E-state index contributed by atoms with van der Waals surface area (Å²) in [5, 5.41) is 8.90. The Kier molecular flexibility index (Phi) is 5.93. The van der Waals surface area contributed by atoms with Gasteiger partial charge in [-0.15, -0.1) is 0 Å². The molecule has 1 rings (SSSR count). The lowest BCUT2D eigenvalue weighted by Crippen LogP contribution is -2.31. The highest BCUT2D eigenvalue weighted by molar-refractivity contribution is 5.76. The van der Waals surface area contributed by atoms with E-state index in [2.05, 4.69) is 6.07 Å². The topological polar surface area (TPSA) is 44.1 Å². The lowest BCUT2D eigenvalue weighted by Gasteiger charge is -2.22. The number of nitriles is 1. The molecule has 0 radical (unpaired) electrons. The van der Waals surface area contributed by atoms with Crippen LogP contribution in [0.3, 0.4) is 0 Å². The van der Waals surface area contributed by atoms with Crippen LogP contribution in [0.2, 0.25) is 0 Å². The number of rotatable bonds is 6. The van der Waals surface area contributed by atoms with Gasteiger partial charge in [0.1, 0.15) is 0 Å². The zero-order chi connectivity index (χ0) is 13.4. The second-order valence-corrected chi connectivity index (χ2v) is 4.33. The van der Waals surface area contributed by atoms with Crippen molar-refractivity contribution >= 4 is 5.91 Å². The number of amides is 1. The average Bonchev–Trinajstić information content (AvgIpc) is 2.43. The van der Waals surface area contributed by atoms with Crippen LogP contribution in [-0.2, 0) is 11.3 Å². The van der Waals surface area contributed by atoms with Crippen molar-refractivity contribution in [1.82, 2.24) is 4.90 Å². The van der Waals surface area contributed by atoms with Gasteiger partial charge in [0, 0.05) is 19.5 Å². The van der Waals surface area contributed by atoms with Crippen molar-refractivity contribution in [3.63, 3.8) is 0 Å². The van der Waals surface area contributed by atoms with Crippen molar-refractivity contribution in [3.8, 4) is 6.07 Å². The maximum atomic E-state index is 12.1. The van der Waals surface area contributed by atoms with E-state index in [9.17, 15) is 4.79 Å². The first kappa shape index (κ1) is 14.2. The Morgan fingerprint density at radius 3 is 2.50 bits per heavy atom. The molecule has 1 aromatic rings. The first-order valence-electron chi connectivity index (χ1n) is 6.42. The van der Waals surface area contributed by atoms with Crippen molar-refractivity contribution in [2.45, 2.75) is 33.2 Å². The van der Waals surface area contributed by atoms with Crippen LogP contribution in [0.25, 0.3) is 0 Å². The van der Waals surface area contributed by atoms with E-state index in [0.717, 1.165) is 12.0 Å². The number of nitrogens with zero attached hydrogens (tertiary/aromatic N) is 2. The van der Waals surface area contributed by atoms with Gasteiger partial charge < -0.3 is 4.90 Å². The summed E-state index contributed by atoms with van der Waals surface area (Å²) >= 11 is 0. The molecule has 3 nitrogen and oxygen atoms in total. The van der Waals surface area contributed by atoms with Crippen LogP contribution in [0.4, 0.5) is 0 Å². The van der Waals surface area contributed by atoms with E-state index >= 15 is 0 Å². The lowest BCUT2D eigenvalue weighted by atomic mass is 10.0. The summed E-state index contributed by atoms with van der Waals surface area (Å²) in [6.07, 6.45) is 1.05. The monoisotopic (exact) mass is 244 g/mol. The molecule has 0 heterocycles. The molecule has 0 aliphatic heterocycles. The molecule has 0 saturated heterocycles. The number of benzene rings is 1. The first-order valence-corrected chi connectivity index (χ1v) is 6.42. The number of carbonyl (C=O) groups is 1. The van der Waals surface area contributed by atoms with E-state index in [1.54, 1.807) is 4.90 Å². The summed E-state index contributed by atoms with van der Waals surface area (Å²) in [5.41, 5.74) is 1.12. The summed E-state index contributed by atoms with van der Waals surface area (Å²) in [4.78, 5) is 13.9. The molecular weight excluding hydrogens is 224 g/mol. The first-order chi connectivity index (χ1) is 8.71. The third kappa shape index (κ3) is 4.21. The normalized spacial score (nSPS) is 11.6. The number of hydrogen-bond donors (Lipinski definition) is 0. The van der Waals surface area contributed by atoms with Crippen LogP contribution in [0.1, 0.15) is 32.3 Å². The van der Waals surface area contributed by atoms with Crippen molar-refractivity contribution in [2.75, 3.05) is 6.54 Å². The minimum absolute atomic E-state index is 0.0646. The maximum absolute atomic E-state index is 12.1. The molecule has 1 atom stereocenters. The number of hydrogen-bond acceptors (Lipinski definition) is 2. The molecule has 3 heteroatoms. The third-order valence-corrected chi connectivity index (χ3v) is 3.05. The highest BCUT2D eigenvalue weighted by Crippen LogP contribution is 2.11. The highest BCUT2D eigenvalue weighted by atomic mass is 16.2. The van der Waals surface area contributed by atoms with Crippen molar-refractivity contribution in [1.29, 1.82) is 5.26 Å². The predicted octanol–water partition coefficient (Wildman–Crippen LogP) is 2.97. The van der Waals surface area contributed by atoms with E-state index in [-0.39, 0.29) is 11.8 Å². The molecule has 1 amide bonds. The second kappa shape index (κ2) is 7.50. The standard InChI is InChI=1S/C15H20N2O/c1-3-13(11-16)10-15(18)17(4-2)12-14-8-6-5-7-9-14/h5-9,13H,3-4,10,12H2,1-2H3. The molecule has 0 saturated carbocycles. The molecule has 0 aliphatic carbocycles. The molecule has 18 heavy (non-hydrogen) atoms. The van der Waals surface area contributed by atoms with Gasteiger partial charge in [0.05, 0.1) is 12.0 Å². The quantitative estimate of drug-likeness (QED) is 0.772. The summed E-state index contributed by atoms with van der Waals surface area (Å²) in [6, 6.07) is 12.1. The van der Waals surface area contributed by atoms with E-state index < -0.39 is 0 Å². The van der Waals surface area contributed by atoms with Gasteiger partial charge in [0.25, 0.3) is 0 Å². The minimum atomic E-state index is -0.165. The summed E-state index contributed by atoms with van der Waals surface area (Å²) in [6.45, 7) is 5.20. The van der Waals surface area contributed by atoms with Crippen molar-refractivity contribution in [3.05, 3.63) is 35.9 Å². The average molecular weight is 244 g/mol. The largest absolute Gasteiger partial charge is 0.339 e. The lowest BCUT2D eigenvalue weighted by molar-refractivity contribution is -0.132. The molecule has 1 unspecified atom stereocenters. The molecular formula is C15H20N2O. The molecule has 0 fully saturated rings. The molecule has 1 aromatic carbocycles. The summed E-state index contributed by atoms with van der Waals surface area (Å²) < 4.78 is 0. The van der Waals surface area contributed by atoms with Crippen LogP contribution in [0.15, 0.2) is 30.3 Å². The molecule has 0 aromatic heterocycles. The van der Waals surface area contributed by atoms with E-state index in [4.69, 9.17) is 5.26 Å². The Morgan fingerprint density at radius 2 is 2.00 bits per heavy atom. The number of carbonyl (C=O) groups excluding carboxylic acids is 1. The van der Waals surface area contributed by atoms with Crippen LogP contribution in [0.5, 0.6) is 0 Å². The van der Waals surface area contributed by atoms with Crippen LogP contribution in [0, 0.1) is 17.2 Å². The van der Waals surface area contributed by atoms with Gasteiger partial charge >= 0.3 is 0 Å². The SMILES string of the molecule is CCC(C#N)CC(=O)N(CC)Cc1ccccc1. The summed E-state index contributed by atoms with van der Waals surface area (Å²) in [7, 11) is 0. The van der Waals surface area contributed by atoms with Crippen molar-refractivity contribution < 1.29 is 4.79 Å². The van der Waals surface area contributed by atoms with Crippen molar-refractivity contribution in [2.24, 2.45) is 5.92 Å². The Hall–Kier alpha value is -1.82. The van der Waals surface area contributed by atoms with E-state index in [0.29, 0.717) is 19.5 Å². The minimum Gasteiger partial charge on any atom is -0.339 e. The van der Waals surface area contributed by atoms with Gasteiger partial charge in [-0.2, -0.15) is 5.26 Å². The second-order valence-electron chi connectivity index (χ2n) is 4.33. The fourth-order valence-corrected chi connectivity index (χ4v) is 1.80. The zero-order valence-electron chi connectivity index (χ0n) is 11.1. The molecule has 0 aliphatic rings. The van der Waals surface area contributed by atoms with E-state index in [1.807, 2.05) is 44.2 Å². The highest BCUT2D eigenvalue weighted by Gasteiger charge is 2.16. The predicted molar refractivity (Wildman–Crippen MR) is 71.5 cm³/mol. The Bertz CT molecular complexity index is 408. The van der Waals surface area contributed by atoms with Gasteiger partial charge in [-0.3, -0.25) is 4.79 Å². The maximum Gasteiger partial charge on any atom is 0.224 e. The van der Waals surface area contributed by atoms with Gasteiger partial charge in [0.2, 0.25) is 5.91 Å². The summed E-state index contributed by atoms with van der Waals surface area (Å²) in [5.74, 6) is -0.0999. The van der Waals surface area contributed by atoms with Gasteiger partial charge in [0.15, 0.2) is 0 Å². The van der Waals surface area contributed by atoms with Gasteiger partial charge in [-0.05, 0) is 18.9 Å². The molecule has 0 spiro atoms. The molecule has 0 bridgehead atoms. The van der Waals surface area contributed by atoms with Gasteiger partial charge in [-0.25, -0.2) is 0 Å². The van der Waals surface area contributed by atoms with E-state index in [1.165, 1.54) is 0 Å². The Balaban J connectivity index is 2.61. The zero-order valence-corrected chi connectivity index (χ0v) is 11.1. The van der Waals surface area contributed by atoms with Crippen LogP contribution in [-0.4, -0.2) is 17.4 Å². The molecule has 0 N–H and O–H groups in total. The van der Waals surface area contributed by atoms with Crippen LogP contribution < -0.4 is 0 Å².